The van der Waals surface area contributed by atoms with E-state index in [1.807, 2.05) is 16.4 Å². The van der Waals surface area contributed by atoms with E-state index in [0.717, 1.165) is 21.8 Å². The Labute approximate surface area is 167 Å². The number of methoxy groups -OCH3 is 1. The van der Waals surface area contributed by atoms with Crippen molar-refractivity contribution in [3.05, 3.63) is 57.6 Å². The van der Waals surface area contributed by atoms with Gasteiger partial charge in [0.25, 0.3) is 0 Å². The molecule has 0 bridgehead atoms. The Bertz CT molecular complexity index is 1040. The lowest BCUT2D eigenvalue weighted by atomic mass is 9.90. The van der Waals surface area contributed by atoms with Crippen LogP contribution in [-0.2, 0) is 5.54 Å². The fourth-order valence-electron chi connectivity index (χ4n) is 3.40. The molecule has 0 amide bonds. The van der Waals surface area contributed by atoms with Crippen LogP contribution in [0.25, 0.3) is 11.1 Å². The zero-order valence-electron chi connectivity index (χ0n) is 16.3. The summed E-state index contributed by atoms with van der Waals surface area (Å²) in [6, 6.07) is 14.8. The average Bonchev–Trinajstić information content (AvgIpc) is 3.07. The topological polar surface area (TPSA) is 33.6 Å². The molecule has 0 unspecified atom stereocenters. The third-order valence-electron chi connectivity index (χ3n) is 4.95. The molecular weight excluding hydrogens is 372 g/mol. The Balaban J connectivity index is 1.89. The van der Waals surface area contributed by atoms with Gasteiger partial charge in [0.05, 0.1) is 23.2 Å². The van der Waals surface area contributed by atoms with Gasteiger partial charge in [0.2, 0.25) is 0 Å². The van der Waals surface area contributed by atoms with Crippen LogP contribution in [0.5, 0.6) is 5.75 Å². The molecule has 3 aromatic rings. The first-order valence-corrected chi connectivity index (χ1v) is 11.3. The number of hydrogen-bond donors (Lipinski definition) is 1. The number of ether oxygens (including phenoxy) is 1. The van der Waals surface area contributed by atoms with E-state index in [-0.39, 0.29) is 5.54 Å². The normalized spacial score (nSPS) is 15.3. The Kier molecular flexibility index (Phi) is 4.60. The standard InChI is InChI=1S/C22H24N2OS2/c1-13(2)14-6-8-15(9-7-14)23-21-19-17-12-16(25-5)10-11-18(17)24-22(3,4)20(19)26-27-21/h6-13,24H,1-5H3. The van der Waals surface area contributed by atoms with Gasteiger partial charge in [-0.15, -0.1) is 0 Å². The molecule has 27 heavy (non-hydrogen) atoms. The van der Waals surface area contributed by atoms with Crippen LogP contribution in [0.3, 0.4) is 0 Å². The largest absolute Gasteiger partial charge is 0.497 e. The van der Waals surface area contributed by atoms with Gasteiger partial charge in [-0.2, -0.15) is 0 Å². The molecule has 1 aliphatic heterocycles. The predicted molar refractivity (Wildman–Crippen MR) is 117 cm³/mol. The SMILES string of the molecule is COc1ccc2c(c1)-c1c(ssc1=Nc1ccc(C(C)C)cc1)C(C)(C)N2. The fraction of sp³-hybridized carbons (Fsp3) is 0.318. The zero-order valence-corrected chi connectivity index (χ0v) is 17.9. The van der Waals surface area contributed by atoms with E-state index in [2.05, 4.69) is 69.4 Å². The molecule has 0 radical (unpaired) electrons. The fourth-order valence-corrected chi connectivity index (χ4v) is 6.34. The molecule has 0 saturated heterocycles. The van der Waals surface area contributed by atoms with Crippen LogP contribution in [0, 0.1) is 0 Å². The van der Waals surface area contributed by atoms with Gasteiger partial charge >= 0.3 is 0 Å². The molecule has 4 rings (SSSR count). The van der Waals surface area contributed by atoms with Gasteiger partial charge in [-0.25, -0.2) is 4.99 Å². The number of fused-ring (bicyclic) bond motifs is 3. The van der Waals surface area contributed by atoms with E-state index >= 15 is 0 Å². The molecule has 1 aromatic heterocycles. The number of rotatable bonds is 3. The van der Waals surface area contributed by atoms with E-state index < -0.39 is 0 Å². The predicted octanol–water partition coefficient (Wildman–Crippen LogP) is 6.50. The number of hydrogen-bond acceptors (Lipinski definition) is 5. The number of nitrogens with one attached hydrogen (secondary N) is 1. The molecule has 0 aliphatic carbocycles. The molecule has 0 fully saturated rings. The molecule has 0 saturated carbocycles. The summed E-state index contributed by atoms with van der Waals surface area (Å²) in [5.74, 6) is 1.40. The number of anilines is 1. The summed E-state index contributed by atoms with van der Waals surface area (Å²) in [4.78, 5) is 6.32. The highest BCUT2D eigenvalue weighted by Gasteiger charge is 2.33. The van der Waals surface area contributed by atoms with Crippen LogP contribution in [0.2, 0.25) is 0 Å². The van der Waals surface area contributed by atoms with Gasteiger partial charge in [0.1, 0.15) is 10.4 Å². The smallest absolute Gasteiger partial charge is 0.135 e. The van der Waals surface area contributed by atoms with Gasteiger partial charge in [-0.05, 0) is 55.7 Å². The van der Waals surface area contributed by atoms with Crippen LogP contribution in [0.4, 0.5) is 11.4 Å². The van der Waals surface area contributed by atoms with Crippen molar-refractivity contribution in [2.45, 2.75) is 39.2 Å². The van der Waals surface area contributed by atoms with Gasteiger partial charge in [-0.3, -0.25) is 0 Å². The quantitative estimate of drug-likeness (QED) is 0.513. The highest BCUT2D eigenvalue weighted by atomic mass is 32.9. The Morgan fingerprint density at radius 3 is 2.44 bits per heavy atom. The second-order valence-corrected chi connectivity index (χ2v) is 9.82. The van der Waals surface area contributed by atoms with E-state index in [9.17, 15) is 0 Å². The highest BCUT2D eigenvalue weighted by molar-refractivity contribution is 7.68. The van der Waals surface area contributed by atoms with Crippen LogP contribution >= 0.6 is 20.7 Å². The average molecular weight is 397 g/mol. The molecule has 5 heteroatoms. The Morgan fingerprint density at radius 2 is 1.78 bits per heavy atom. The van der Waals surface area contributed by atoms with Crippen molar-refractivity contribution in [1.82, 2.24) is 0 Å². The van der Waals surface area contributed by atoms with Gasteiger partial charge in [0, 0.05) is 16.8 Å². The molecule has 0 atom stereocenters. The molecule has 3 nitrogen and oxygen atoms in total. The molecule has 0 spiro atoms. The van der Waals surface area contributed by atoms with Crippen LogP contribution < -0.4 is 14.7 Å². The monoisotopic (exact) mass is 396 g/mol. The number of nitrogens with zero attached hydrogens (tertiary/aromatic N) is 1. The van der Waals surface area contributed by atoms with Crippen LogP contribution in [0.15, 0.2) is 47.5 Å². The lowest BCUT2D eigenvalue weighted by Crippen LogP contribution is -2.31. The molecule has 1 N–H and O–H groups in total. The molecule has 2 heterocycles. The van der Waals surface area contributed by atoms with Crippen molar-refractivity contribution < 1.29 is 4.74 Å². The Hall–Kier alpha value is -2.11. The second kappa shape index (κ2) is 6.80. The van der Waals surface area contributed by atoms with Gasteiger partial charge in [-0.1, -0.05) is 46.7 Å². The lowest BCUT2D eigenvalue weighted by Gasteiger charge is -2.33. The van der Waals surface area contributed by atoms with Crippen molar-refractivity contribution in [2.75, 3.05) is 12.4 Å². The Morgan fingerprint density at radius 1 is 1.04 bits per heavy atom. The maximum atomic E-state index is 5.47. The van der Waals surface area contributed by atoms with Crippen molar-refractivity contribution in [3.8, 4) is 16.9 Å². The zero-order chi connectivity index (χ0) is 19.2. The first-order chi connectivity index (χ1) is 12.9. The summed E-state index contributed by atoms with van der Waals surface area (Å²) in [6.07, 6.45) is 0. The third kappa shape index (κ3) is 3.30. The van der Waals surface area contributed by atoms with E-state index in [1.165, 1.54) is 21.6 Å². The van der Waals surface area contributed by atoms with E-state index in [0.29, 0.717) is 5.92 Å². The summed E-state index contributed by atoms with van der Waals surface area (Å²) >= 11 is 0. The third-order valence-corrected chi connectivity index (χ3v) is 7.59. The minimum atomic E-state index is -0.118. The first kappa shape index (κ1) is 18.3. The highest BCUT2D eigenvalue weighted by Crippen LogP contribution is 2.46. The van der Waals surface area contributed by atoms with Gasteiger partial charge < -0.3 is 10.1 Å². The number of benzene rings is 2. The second-order valence-electron chi connectivity index (χ2n) is 7.70. The molecule has 2 aromatic carbocycles. The minimum absolute atomic E-state index is 0.118. The summed E-state index contributed by atoms with van der Waals surface area (Å²) in [5, 5.41) is 3.66. The lowest BCUT2D eigenvalue weighted by molar-refractivity contribution is 0.415. The minimum Gasteiger partial charge on any atom is -0.497 e. The maximum absolute atomic E-state index is 5.47. The van der Waals surface area contributed by atoms with E-state index in [4.69, 9.17) is 9.73 Å². The van der Waals surface area contributed by atoms with Crippen molar-refractivity contribution in [3.63, 3.8) is 0 Å². The van der Waals surface area contributed by atoms with E-state index in [1.54, 1.807) is 17.5 Å². The summed E-state index contributed by atoms with van der Waals surface area (Å²) in [7, 11) is 5.26. The summed E-state index contributed by atoms with van der Waals surface area (Å²) in [6.45, 7) is 8.87. The van der Waals surface area contributed by atoms with Crippen molar-refractivity contribution in [1.29, 1.82) is 0 Å². The molecular formula is C22H24N2OS2. The summed E-state index contributed by atoms with van der Waals surface area (Å²) < 4.78 is 6.53. The van der Waals surface area contributed by atoms with Crippen molar-refractivity contribution >= 4 is 32.1 Å². The van der Waals surface area contributed by atoms with Gasteiger partial charge in [0.15, 0.2) is 0 Å². The van der Waals surface area contributed by atoms with Crippen molar-refractivity contribution in [2.24, 2.45) is 4.99 Å². The molecule has 1 aliphatic rings. The van der Waals surface area contributed by atoms with Crippen LogP contribution in [0.1, 0.15) is 44.1 Å². The maximum Gasteiger partial charge on any atom is 0.135 e. The first-order valence-electron chi connectivity index (χ1n) is 9.14. The van der Waals surface area contributed by atoms with Crippen LogP contribution in [-0.4, -0.2) is 7.11 Å². The molecule has 140 valence electrons. The summed E-state index contributed by atoms with van der Waals surface area (Å²) in [5.41, 5.74) is 5.75.